The van der Waals surface area contributed by atoms with Crippen LogP contribution < -0.4 is 19.1 Å². The van der Waals surface area contributed by atoms with Gasteiger partial charge in [-0.15, -0.1) is 11.8 Å². The molecule has 0 aliphatic heterocycles. The normalized spacial score (nSPS) is 14.1. The summed E-state index contributed by atoms with van der Waals surface area (Å²) in [4.78, 5) is 30.0. The number of benzene rings is 3. The third-order valence-corrected chi connectivity index (χ3v) is 10.3. The van der Waals surface area contributed by atoms with Crippen molar-refractivity contribution in [2.75, 3.05) is 30.8 Å². The van der Waals surface area contributed by atoms with Crippen molar-refractivity contribution in [2.24, 2.45) is 0 Å². The summed E-state index contributed by atoms with van der Waals surface area (Å²) in [5.41, 5.74) is 1.09. The number of anilines is 1. The van der Waals surface area contributed by atoms with Gasteiger partial charge in [-0.1, -0.05) is 25.0 Å². The third kappa shape index (κ3) is 8.26. The fraction of sp³-hybridized carbons (Fsp3) is 0.394. The number of sulfonamides is 1. The molecule has 0 heterocycles. The number of ether oxygens (including phenoxy) is 2. The Morgan fingerprint density at radius 2 is 1.57 bits per heavy atom. The van der Waals surface area contributed by atoms with E-state index in [1.54, 1.807) is 74.7 Å². The van der Waals surface area contributed by atoms with Gasteiger partial charge in [0.1, 0.15) is 24.1 Å². The monoisotopic (exact) mass is 639 g/mol. The summed E-state index contributed by atoms with van der Waals surface area (Å²) < 4.78 is 40.1. The second-order valence-electron chi connectivity index (χ2n) is 10.6. The molecule has 0 saturated heterocycles. The van der Waals surface area contributed by atoms with Gasteiger partial charge in [-0.25, -0.2) is 8.42 Å². The van der Waals surface area contributed by atoms with Crippen LogP contribution in [0, 0.1) is 0 Å². The van der Waals surface area contributed by atoms with Crippen LogP contribution in [0.2, 0.25) is 0 Å². The van der Waals surface area contributed by atoms with Crippen molar-refractivity contribution < 1.29 is 27.5 Å². The minimum absolute atomic E-state index is 0.0608. The predicted molar refractivity (Wildman–Crippen MR) is 174 cm³/mol. The molecule has 0 aromatic heterocycles. The molecular formula is C33H41N3O6S2. The number of hydrogen-bond acceptors (Lipinski definition) is 7. The van der Waals surface area contributed by atoms with Crippen molar-refractivity contribution in [1.82, 2.24) is 10.2 Å². The molecule has 1 saturated carbocycles. The zero-order valence-electron chi connectivity index (χ0n) is 25.7. The van der Waals surface area contributed by atoms with Gasteiger partial charge in [0.05, 0.1) is 24.3 Å². The van der Waals surface area contributed by atoms with Crippen LogP contribution in [-0.2, 0) is 26.2 Å². The molecule has 1 aliphatic carbocycles. The molecule has 0 spiro atoms. The molecule has 3 aromatic carbocycles. The van der Waals surface area contributed by atoms with Crippen LogP contribution in [0.25, 0.3) is 0 Å². The second kappa shape index (κ2) is 15.3. The van der Waals surface area contributed by atoms with E-state index in [0.717, 1.165) is 40.4 Å². The molecule has 236 valence electrons. The SMILES string of the molecule is CCOc1ccc(N(CC(=O)N(Cc2ccc(OC)cc2)[C@@H](C)C(=O)NC2CCCC2)S(=O)(=O)c2ccc(SC)cc2)cc1. The predicted octanol–water partition coefficient (Wildman–Crippen LogP) is 5.49. The summed E-state index contributed by atoms with van der Waals surface area (Å²) >= 11 is 1.50. The summed E-state index contributed by atoms with van der Waals surface area (Å²) in [5, 5.41) is 3.09. The van der Waals surface area contributed by atoms with Crippen molar-refractivity contribution in [3.8, 4) is 11.5 Å². The van der Waals surface area contributed by atoms with Gasteiger partial charge in [0, 0.05) is 17.5 Å². The average molecular weight is 640 g/mol. The van der Waals surface area contributed by atoms with Crippen LogP contribution in [-0.4, -0.2) is 63.7 Å². The van der Waals surface area contributed by atoms with Crippen LogP contribution in [0.3, 0.4) is 0 Å². The Labute approximate surface area is 265 Å². The number of hydrogen-bond donors (Lipinski definition) is 1. The van der Waals surface area contributed by atoms with Crippen molar-refractivity contribution in [3.63, 3.8) is 0 Å². The lowest BCUT2D eigenvalue weighted by molar-refractivity contribution is -0.139. The van der Waals surface area contributed by atoms with E-state index in [1.807, 2.05) is 25.3 Å². The summed E-state index contributed by atoms with van der Waals surface area (Å²) in [7, 11) is -2.59. The lowest BCUT2D eigenvalue weighted by Crippen LogP contribution is -2.52. The lowest BCUT2D eigenvalue weighted by Gasteiger charge is -2.32. The van der Waals surface area contributed by atoms with Crippen molar-refractivity contribution >= 4 is 39.3 Å². The Morgan fingerprint density at radius 3 is 2.14 bits per heavy atom. The lowest BCUT2D eigenvalue weighted by atomic mass is 10.1. The number of amides is 2. The molecule has 0 unspecified atom stereocenters. The molecule has 1 N–H and O–H groups in total. The zero-order chi connectivity index (χ0) is 31.7. The van der Waals surface area contributed by atoms with E-state index in [0.29, 0.717) is 23.8 Å². The first-order chi connectivity index (χ1) is 21.2. The largest absolute Gasteiger partial charge is 0.497 e. The van der Waals surface area contributed by atoms with Crippen LogP contribution in [0.1, 0.15) is 45.1 Å². The van der Waals surface area contributed by atoms with Crippen molar-refractivity contribution in [1.29, 1.82) is 0 Å². The average Bonchev–Trinajstić information content (AvgIpc) is 3.56. The minimum Gasteiger partial charge on any atom is -0.497 e. The highest BCUT2D eigenvalue weighted by Crippen LogP contribution is 2.28. The van der Waals surface area contributed by atoms with Crippen LogP contribution in [0.15, 0.2) is 82.6 Å². The van der Waals surface area contributed by atoms with Crippen LogP contribution in [0.5, 0.6) is 11.5 Å². The van der Waals surface area contributed by atoms with Gasteiger partial charge in [0.25, 0.3) is 10.0 Å². The number of carbonyl (C=O) groups is 2. The highest BCUT2D eigenvalue weighted by Gasteiger charge is 2.33. The number of thioether (sulfide) groups is 1. The summed E-state index contributed by atoms with van der Waals surface area (Å²) in [5.74, 6) is 0.483. The number of carbonyl (C=O) groups excluding carboxylic acids is 2. The van der Waals surface area contributed by atoms with Crippen molar-refractivity contribution in [2.45, 2.75) is 68.0 Å². The van der Waals surface area contributed by atoms with Gasteiger partial charge in [0.2, 0.25) is 11.8 Å². The van der Waals surface area contributed by atoms with Gasteiger partial charge in [0.15, 0.2) is 0 Å². The first-order valence-electron chi connectivity index (χ1n) is 14.8. The maximum atomic E-state index is 14.2. The van der Waals surface area contributed by atoms with E-state index in [1.165, 1.54) is 16.7 Å². The second-order valence-corrected chi connectivity index (χ2v) is 13.4. The van der Waals surface area contributed by atoms with Gasteiger partial charge in [-0.3, -0.25) is 13.9 Å². The Balaban J connectivity index is 1.68. The third-order valence-electron chi connectivity index (χ3n) is 7.74. The quantitative estimate of drug-likeness (QED) is 0.233. The highest BCUT2D eigenvalue weighted by atomic mass is 32.2. The molecule has 1 aliphatic rings. The molecule has 1 atom stereocenters. The highest BCUT2D eigenvalue weighted by molar-refractivity contribution is 7.98. The molecule has 0 radical (unpaired) electrons. The van der Waals surface area contributed by atoms with E-state index in [4.69, 9.17) is 9.47 Å². The molecule has 0 bridgehead atoms. The van der Waals surface area contributed by atoms with E-state index in [9.17, 15) is 18.0 Å². The molecule has 3 aromatic rings. The molecule has 2 amide bonds. The van der Waals surface area contributed by atoms with Crippen LogP contribution >= 0.6 is 11.8 Å². The summed E-state index contributed by atoms with van der Waals surface area (Å²) in [6, 6.07) is 19.6. The van der Waals surface area contributed by atoms with Crippen LogP contribution in [0.4, 0.5) is 5.69 Å². The van der Waals surface area contributed by atoms with Gasteiger partial charge in [-0.2, -0.15) is 0 Å². The molecule has 44 heavy (non-hydrogen) atoms. The number of nitrogens with zero attached hydrogens (tertiary/aromatic N) is 2. The van der Waals surface area contributed by atoms with Crippen molar-refractivity contribution in [3.05, 3.63) is 78.4 Å². The summed E-state index contributed by atoms with van der Waals surface area (Å²) in [6.07, 6.45) is 5.84. The fourth-order valence-corrected chi connectivity index (χ4v) is 7.00. The molecule has 1 fully saturated rings. The van der Waals surface area contributed by atoms with E-state index >= 15 is 0 Å². The van der Waals surface area contributed by atoms with Gasteiger partial charge in [-0.05, 0) is 99.2 Å². The van der Waals surface area contributed by atoms with Gasteiger partial charge >= 0.3 is 0 Å². The first kappa shape index (κ1) is 33.2. The van der Waals surface area contributed by atoms with E-state index < -0.39 is 28.5 Å². The fourth-order valence-electron chi connectivity index (χ4n) is 5.18. The Morgan fingerprint density at radius 1 is 0.955 bits per heavy atom. The molecule has 11 heteroatoms. The smallest absolute Gasteiger partial charge is 0.264 e. The Kier molecular flexibility index (Phi) is 11.6. The van der Waals surface area contributed by atoms with E-state index in [2.05, 4.69) is 5.32 Å². The maximum absolute atomic E-state index is 14.2. The topological polar surface area (TPSA) is 105 Å². The molecule has 9 nitrogen and oxygen atoms in total. The standard InChI is InChI=1S/C33H41N3O6S2/c1-5-42-29-16-12-27(13-17-29)36(44(39,40)31-20-18-30(43-4)19-21-31)23-32(37)35(22-25-10-14-28(41-3)15-11-25)24(2)33(38)34-26-8-6-7-9-26/h10-21,24,26H,5-9,22-23H2,1-4H3,(H,34,38)/t24-/m0/s1. The Hall–Kier alpha value is -3.70. The van der Waals surface area contributed by atoms with Gasteiger partial charge < -0.3 is 19.7 Å². The first-order valence-corrected chi connectivity index (χ1v) is 17.4. The number of rotatable bonds is 14. The van der Waals surface area contributed by atoms with E-state index in [-0.39, 0.29) is 23.4 Å². The number of methoxy groups -OCH3 is 1. The zero-order valence-corrected chi connectivity index (χ0v) is 27.3. The molecular weight excluding hydrogens is 599 g/mol. The number of nitrogens with one attached hydrogen (secondary N) is 1. The maximum Gasteiger partial charge on any atom is 0.264 e. The molecule has 4 rings (SSSR count). The summed E-state index contributed by atoms with van der Waals surface area (Å²) in [6.45, 7) is 3.62. The minimum atomic E-state index is -4.16. The Bertz CT molecular complexity index is 1490.